The number of ketones is 1. The lowest BCUT2D eigenvalue weighted by molar-refractivity contribution is -0.118. The molecule has 2 heterocycles. The van der Waals surface area contributed by atoms with Gasteiger partial charge in [0.05, 0.1) is 13.2 Å². The van der Waals surface area contributed by atoms with E-state index in [0.29, 0.717) is 0 Å². The summed E-state index contributed by atoms with van der Waals surface area (Å²) in [7, 11) is 1.63. The van der Waals surface area contributed by atoms with Crippen molar-refractivity contribution in [1.82, 2.24) is 4.98 Å². The molecular formula is C13H18N2O2. The third-order valence-corrected chi connectivity index (χ3v) is 3.21. The maximum absolute atomic E-state index is 11.7. The summed E-state index contributed by atoms with van der Waals surface area (Å²) < 4.78 is 5.31. The van der Waals surface area contributed by atoms with E-state index < -0.39 is 0 Å². The fraction of sp³-hybridized carbons (Fsp3) is 0.538. The summed E-state index contributed by atoms with van der Waals surface area (Å²) >= 11 is 0. The van der Waals surface area contributed by atoms with Gasteiger partial charge in [-0.1, -0.05) is 0 Å². The Labute approximate surface area is 102 Å². The minimum atomic E-state index is -0.0486. The predicted molar refractivity (Wildman–Crippen MR) is 66.5 cm³/mol. The number of ether oxygens (including phenoxy) is 1. The number of carbonyl (C=O) groups excluding carboxylic acids is 1. The second kappa shape index (κ2) is 5.17. The van der Waals surface area contributed by atoms with E-state index >= 15 is 0 Å². The number of hydrogen-bond donors (Lipinski definition) is 0. The summed E-state index contributed by atoms with van der Waals surface area (Å²) in [5, 5.41) is 0. The number of anilines is 1. The van der Waals surface area contributed by atoms with Gasteiger partial charge in [0.2, 0.25) is 0 Å². The minimum Gasteiger partial charge on any atom is -0.493 e. The lowest BCUT2D eigenvalue weighted by Gasteiger charge is -2.35. The largest absolute Gasteiger partial charge is 0.493 e. The van der Waals surface area contributed by atoms with E-state index in [0.717, 1.165) is 37.4 Å². The van der Waals surface area contributed by atoms with Crippen LogP contribution in [0.4, 0.5) is 5.82 Å². The van der Waals surface area contributed by atoms with Gasteiger partial charge in [-0.3, -0.25) is 4.79 Å². The quantitative estimate of drug-likeness (QED) is 0.802. The molecule has 1 aliphatic heterocycles. The Morgan fingerprint density at radius 3 is 3.06 bits per heavy atom. The fourth-order valence-electron chi connectivity index (χ4n) is 2.36. The van der Waals surface area contributed by atoms with Crippen molar-refractivity contribution >= 4 is 11.6 Å². The van der Waals surface area contributed by atoms with Crippen molar-refractivity contribution < 1.29 is 9.53 Å². The number of nitrogens with zero attached hydrogens (tertiary/aromatic N) is 2. The van der Waals surface area contributed by atoms with E-state index in [1.807, 2.05) is 12.1 Å². The smallest absolute Gasteiger partial charge is 0.171 e. The molecular weight excluding hydrogens is 216 g/mol. The van der Waals surface area contributed by atoms with Gasteiger partial charge in [0.15, 0.2) is 17.4 Å². The molecule has 4 heteroatoms. The number of aromatic nitrogens is 1. The van der Waals surface area contributed by atoms with Crippen molar-refractivity contribution in [2.75, 3.05) is 18.6 Å². The van der Waals surface area contributed by atoms with Crippen LogP contribution in [0.25, 0.3) is 0 Å². The van der Waals surface area contributed by atoms with Crippen LogP contribution in [-0.2, 0) is 4.79 Å². The zero-order valence-electron chi connectivity index (χ0n) is 10.3. The van der Waals surface area contributed by atoms with E-state index in [1.54, 1.807) is 20.2 Å². The molecule has 0 bridgehead atoms. The Morgan fingerprint density at radius 2 is 2.35 bits per heavy atom. The normalized spacial score (nSPS) is 20.1. The van der Waals surface area contributed by atoms with Gasteiger partial charge in [0.25, 0.3) is 0 Å². The van der Waals surface area contributed by atoms with Crippen LogP contribution >= 0.6 is 0 Å². The van der Waals surface area contributed by atoms with Gasteiger partial charge in [-0.05, 0) is 38.3 Å². The third kappa shape index (κ3) is 2.40. The maximum atomic E-state index is 11.7. The predicted octanol–water partition coefficient (Wildman–Crippen LogP) is 2.04. The van der Waals surface area contributed by atoms with Crippen LogP contribution in [0, 0.1) is 0 Å². The summed E-state index contributed by atoms with van der Waals surface area (Å²) in [6, 6.07) is 3.68. The molecule has 0 amide bonds. The first-order valence-corrected chi connectivity index (χ1v) is 6.00. The number of Topliss-reactive ketones (excluding diaryl/α,β-unsaturated/α-hetero) is 1. The van der Waals surface area contributed by atoms with Crippen molar-refractivity contribution in [2.45, 2.75) is 32.2 Å². The molecule has 4 nitrogen and oxygen atoms in total. The lowest BCUT2D eigenvalue weighted by Crippen LogP contribution is -2.44. The molecule has 1 aromatic heterocycles. The van der Waals surface area contributed by atoms with Crippen LogP contribution in [-0.4, -0.2) is 30.5 Å². The van der Waals surface area contributed by atoms with E-state index in [-0.39, 0.29) is 11.8 Å². The topological polar surface area (TPSA) is 42.4 Å². The summed E-state index contributed by atoms with van der Waals surface area (Å²) in [6.45, 7) is 2.52. The molecule has 1 unspecified atom stereocenters. The fourth-order valence-corrected chi connectivity index (χ4v) is 2.36. The van der Waals surface area contributed by atoms with Crippen LogP contribution in [0.1, 0.15) is 26.2 Å². The van der Waals surface area contributed by atoms with Crippen LogP contribution in [0.5, 0.6) is 5.75 Å². The molecule has 1 aliphatic rings. The molecule has 1 atom stereocenters. The molecule has 0 radical (unpaired) electrons. The van der Waals surface area contributed by atoms with E-state index in [9.17, 15) is 4.79 Å². The first-order chi connectivity index (χ1) is 8.24. The van der Waals surface area contributed by atoms with Gasteiger partial charge in [-0.15, -0.1) is 0 Å². The molecule has 17 heavy (non-hydrogen) atoms. The molecule has 0 aliphatic carbocycles. The SMILES string of the molecule is COc1cccnc1N1CCCCC1C(C)=O. The van der Waals surface area contributed by atoms with E-state index in [4.69, 9.17) is 4.74 Å². The highest BCUT2D eigenvalue weighted by atomic mass is 16.5. The highest BCUT2D eigenvalue weighted by molar-refractivity contribution is 5.85. The molecule has 1 aromatic rings. The number of hydrogen-bond acceptors (Lipinski definition) is 4. The summed E-state index contributed by atoms with van der Waals surface area (Å²) in [6.07, 6.45) is 4.86. The van der Waals surface area contributed by atoms with Crippen molar-refractivity contribution in [3.63, 3.8) is 0 Å². The summed E-state index contributed by atoms with van der Waals surface area (Å²) in [5.74, 6) is 1.73. The van der Waals surface area contributed by atoms with Crippen LogP contribution in [0.2, 0.25) is 0 Å². The number of piperidine rings is 1. The Hall–Kier alpha value is -1.58. The molecule has 1 fully saturated rings. The zero-order valence-corrected chi connectivity index (χ0v) is 10.3. The summed E-state index contributed by atoms with van der Waals surface area (Å²) in [5.41, 5.74) is 0. The van der Waals surface area contributed by atoms with E-state index in [1.165, 1.54) is 0 Å². The zero-order chi connectivity index (χ0) is 12.3. The molecule has 0 aromatic carbocycles. The van der Waals surface area contributed by atoms with Gasteiger partial charge in [-0.25, -0.2) is 4.98 Å². The number of pyridine rings is 1. The average Bonchev–Trinajstić information content (AvgIpc) is 2.38. The minimum absolute atomic E-state index is 0.0486. The van der Waals surface area contributed by atoms with Crippen LogP contribution in [0.3, 0.4) is 0 Å². The van der Waals surface area contributed by atoms with Gasteiger partial charge in [0.1, 0.15) is 0 Å². The highest BCUT2D eigenvalue weighted by Gasteiger charge is 2.28. The second-order valence-electron chi connectivity index (χ2n) is 4.34. The van der Waals surface area contributed by atoms with E-state index in [2.05, 4.69) is 9.88 Å². The molecule has 1 saturated heterocycles. The highest BCUT2D eigenvalue weighted by Crippen LogP contribution is 2.30. The molecule has 0 saturated carbocycles. The van der Waals surface area contributed by atoms with Gasteiger partial charge in [-0.2, -0.15) is 0 Å². The van der Waals surface area contributed by atoms with Gasteiger partial charge in [0, 0.05) is 12.7 Å². The second-order valence-corrected chi connectivity index (χ2v) is 4.34. The Bertz CT molecular complexity index is 406. The average molecular weight is 234 g/mol. The maximum Gasteiger partial charge on any atom is 0.171 e. The molecule has 2 rings (SSSR count). The van der Waals surface area contributed by atoms with Gasteiger partial charge >= 0.3 is 0 Å². The van der Waals surface area contributed by atoms with Crippen molar-refractivity contribution in [3.05, 3.63) is 18.3 Å². The number of rotatable bonds is 3. The Morgan fingerprint density at radius 1 is 1.53 bits per heavy atom. The molecule has 0 N–H and O–H groups in total. The Kier molecular flexibility index (Phi) is 3.61. The lowest BCUT2D eigenvalue weighted by atomic mass is 9.99. The van der Waals surface area contributed by atoms with Crippen molar-refractivity contribution in [2.24, 2.45) is 0 Å². The van der Waals surface area contributed by atoms with Crippen LogP contribution in [0.15, 0.2) is 18.3 Å². The molecule has 92 valence electrons. The standard InChI is InChI=1S/C13H18N2O2/c1-10(16)11-6-3-4-9-15(11)13-12(17-2)7-5-8-14-13/h5,7-8,11H,3-4,6,9H2,1-2H3. The first-order valence-electron chi connectivity index (χ1n) is 6.00. The first kappa shape index (κ1) is 11.9. The third-order valence-electron chi connectivity index (χ3n) is 3.21. The number of methoxy groups -OCH3 is 1. The monoisotopic (exact) mass is 234 g/mol. The van der Waals surface area contributed by atoms with Crippen molar-refractivity contribution in [3.8, 4) is 5.75 Å². The van der Waals surface area contributed by atoms with Crippen molar-refractivity contribution in [1.29, 1.82) is 0 Å². The Balaban J connectivity index is 2.32. The molecule has 0 spiro atoms. The number of carbonyl (C=O) groups is 1. The summed E-state index contributed by atoms with van der Waals surface area (Å²) in [4.78, 5) is 18.1. The van der Waals surface area contributed by atoms with Gasteiger partial charge < -0.3 is 9.64 Å². The van der Waals surface area contributed by atoms with Crippen LogP contribution < -0.4 is 9.64 Å².